The van der Waals surface area contributed by atoms with Gasteiger partial charge in [0.2, 0.25) is 0 Å². The first-order chi connectivity index (χ1) is 14.7. The third kappa shape index (κ3) is 3.82. The van der Waals surface area contributed by atoms with Gasteiger partial charge in [-0.1, -0.05) is 12.1 Å². The predicted octanol–water partition coefficient (Wildman–Crippen LogP) is 3.38. The molecule has 1 saturated heterocycles. The monoisotopic (exact) mass is 404 g/mol. The smallest absolute Gasteiger partial charge is 0.138 e. The molecule has 30 heavy (non-hydrogen) atoms. The molecule has 0 amide bonds. The van der Waals surface area contributed by atoms with E-state index >= 15 is 0 Å². The van der Waals surface area contributed by atoms with Gasteiger partial charge in [-0.25, -0.2) is 4.98 Å². The van der Waals surface area contributed by atoms with Crippen molar-refractivity contribution < 1.29 is 0 Å². The summed E-state index contributed by atoms with van der Waals surface area (Å²) in [6, 6.07) is 11.2. The standard InChI is InChI=1S/C24H32N6/c1-27-13-6-14-29(16-15-27)23-11-4-10-22-26-20(18-30(22)23)17-28(2)21-9-3-7-19-8-5-12-25-24(19)21/h4-5,8,10-12,18,21H,3,6-7,9,13-17H2,1-2H3. The molecule has 1 aliphatic heterocycles. The molecule has 0 saturated carbocycles. The highest BCUT2D eigenvalue weighted by atomic mass is 15.3. The first-order valence-corrected chi connectivity index (χ1v) is 11.2. The van der Waals surface area contributed by atoms with Crippen molar-refractivity contribution >= 4 is 11.5 Å². The normalized spacial score (nSPS) is 20.5. The molecular formula is C24H32N6. The van der Waals surface area contributed by atoms with Crippen LogP contribution in [-0.2, 0) is 13.0 Å². The summed E-state index contributed by atoms with van der Waals surface area (Å²) < 4.78 is 2.28. The molecule has 3 aromatic rings. The Balaban J connectivity index is 1.38. The van der Waals surface area contributed by atoms with Crippen LogP contribution in [0, 0.1) is 0 Å². The Morgan fingerprint density at radius 3 is 2.93 bits per heavy atom. The SMILES string of the molecule is CN1CCCN(c2cccc3nc(CN(C)C4CCCc5cccnc54)cn23)CC1. The van der Waals surface area contributed by atoms with Gasteiger partial charge >= 0.3 is 0 Å². The minimum absolute atomic E-state index is 0.375. The Morgan fingerprint density at radius 2 is 2.00 bits per heavy atom. The maximum Gasteiger partial charge on any atom is 0.138 e. The van der Waals surface area contributed by atoms with Crippen molar-refractivity contribution in [1.82, 2.24) is 24.2 Å². The minimum Gasteiger partial charge on any atom is -0.356 e. The Labute approximate surface area is 179 Å². The number of fused-ring (bicyclic) bond motifs is 2. The number of aryl methyl sites for hydroxylation is 1. The number of hydrogen-bond acceptors (Lipinski definition) is 5. The van der Waals surface area contributed by atoms with E-state index in [2.05, 4.69) is 69.7 Å². The number of aromatic nitrogens is 3. The summed E-state index contributed by atoms with van der Waals surface area (Å²) in [6.45, 7) is 5.28. The summed E-state index contributed by atoms with van der Waals surface area (Å²) in [5.41, 5.74) is 4.82. The van der Waals surface area contributed by atoms with Gasteiger partial charge < -0.3 is 9.80 Å². The zero-order valence-corrected chi connectivity index (χ0v) is 18.2. The van der Waals surface area contributed by atoms with Crippen LogP contribution < -0.4 is 4.90 Å². The lowest BCUT2D eigenvalue weighted by Crippen LogP contribution is -2.30. The van der Waals surface area contributed by atoms with Crippen LogP contribution in [0.3, 0.4) is 0 Å². The van der Waals surface area contributed by atoms with Crippen molar-refractivity contribution in [2.45, 2.75) is 38.3 Å². The average Bonchev–Trinajstić information content (AvgIpc) is 3.05. The number of imidazole rings is 1. The van der Waals surface area contributed by atoms with E-state index in [0.29, 0.717) is 6.04 Å². The number of nitrogens with zero attached hydrogens (tertiary/aromatic N) is 6. The third-order valence-corrected chi connectivity index (χ3v) is 6.67. The fourth-order valence-corrected chi connectivity index (χ4v) is 5.04. The molecule has 0 spiro atoms. The van der Waals surface area contributed by atoms with Gasteiger partial charge in [-0.15, -0.1) is 0 Å². The van der Waals surface area contributed by atoms with Crippen LogP contribution in [0.25, 0.3) is 5.65 Å². The minimum atomic E-state index is 0.375. The highest BCUT2D eigenvalue weighted by molar-refractivity contribution is 5.52. The van der Waals surface area contributed by atoms with Gasteiger partial charge in [0.15, 0.2) is 0 Å². The molecule has 0 N–H and O–H groups in total. The average molecular weight is 405 g/mol. The first-order valence-electron chi connectivity index (χ1n) is 11.2. The summed E-state index contributed by atoms with van der Waals surface area (Å²) in [7, 11) is 4.43. The number of pyridine rings is 2. The summed E-state index contributed by atoms with van der Waals surface area (Å²) in [6.07, 6.45) is 8.91. The van der Waals surface area contributed by atoms with Crippen LogP contribution in [0.2, 0.25) is 0 Å². The lowest BCUT2D eigenvalue weighted by molar-refractivity contribution is 0.206. The van der Waals surface area contributed by atoms with Gasteiger partial charge in [0.1, 0.15) is 11.5 Å². The Morgan fingerprint density at radius 1 is 1.07 bits per heavy atom. The van der Waals surface area contributed by atoms with E-state index in [1.54, 1.807) is 0 Å². The van der Waals surface area contributed by atoms with E-state index in [1.165, 1.54) is 42.9 Å². The fourth-order valence-electron chi connectivity index (χ4n) is 5.04. The molecule has 1 aliphatic carbocycles. The molecule has 0 bridgehead atoms. The largest absolute Gasteiger partial charge is 0.356 e. The number of likely N-dealkylation sites (N-methyl/N-ethyl adjacent to an activating group) is 1. The molecule has 0 aromatic carbocycles. The summed E-state index contributed by atoms with van der Waals surface area (Å²) in [5, 5.41) is 0. The van der Waals surface area contributed by atoms with E-state index in [-0.39, 0.29) is 0 Å². The molecule has 4 heterocycles. The zero-order valence-electron chi connectivity index (χ0n) is 18.2. The van der Waals surface area contributed by atoms with Gasteiger partial charge in [-0.3, -0.25) is 14.3 Å². The van der Waals surface area contributed by atoms with E-state index < -0.39 is 0 Å². The molecule has 1 fully saturated rings. The topological polar surface area (TPSA) is 39.9 Å². The van der Waals surface area contributed by atoms with E-state index in [0.717, 1.165) is 43.9 Å². The lowest BCUT2D eigenvalue weighted by Gasteiger charge is -2.31. The van der Waals surface area contributed by atoms with Crippen LogP contribution in [0.4, 0.5) is 5.82 Å². The highest BCUT2D eigenvalue weighted by Gasteiger charge is 2.25. The van der Waals surface area contributed by atoms with Crippen LogP contribution >= 0.6 is 0 Å². The fraction of sp³-hybridized carbons (Fsp3) is 0.500. The van der Waals surface area contributed by atoms with Crippen LogP contribution in [0.5, 0.6) is 0 Å². The highest BCUT2D eigenvalue weighted by Crippen LogP contribution is 2.32. The van der Waals surface area contributed by atoms with Crippen molar-refractivity contribution in [1.29, 1.82) is 0 Å². The summed E-state index contributed by atoms with van der Waals surface area (Å²) >= 11 is 0. The third-order valence-electron chi connectivity index (χ3n) is 6.67. The van der Waals surface area contributed by atoms with Crippen molar-refractivity contribution in [3.8, 4) is 0 Å². The van der Waals surface area contributed by atoms with Crippen molar-refractivity contribution in [2.75, 3.05) is 45.2 Å². The van der Waals surface area contributed by atoms with Gasteiger partial charge in [-0.2, -0.15) is 0 Å². The Bertz CT molecular complexity index is 1010. The van der Waals surface area contributed by atoms with Gasteiger partial charge in [0.25, 0.3) is 0 Å². The molecule has 6 heteroatoms. The van der Waals surface area contributed by atoms with Crippen molar-refractivity contribution in [3.63, 3.8) is 0 Å². The lowest BCUT2D eigenvalue weighted by atomic mass is 9.91. The second-order valence-electron chi connectivity index (χ2n) is 8.86. The van der Waals surface area contributed by atoms with E-state index in [9.17, 15) is 0 Å². The number of anilines is 1. The maximum atomic E-state index is 4.96. The van der Waals surface area contributed by atoms with Gasteiger partial charge in [-0.05, 0) is 70.1 Å². The molecule has 0 radical (unpaired) electrons. The molecule has 5 rings (SSSR count). The summed E-state index contributed by atoms with van der Waals surface area (Å²) in [4.78, 5) is 17.0. The Hall–Kier alpha value is -2.44. The quantitative estimate of drug-likeness (QED) is 0.667. The van der Waals surface area contributed by atoms with E-state index in [1.807, 2.05) is 6.20 Å². The van der Waals surface area contributed by atoms with Crippen LogP contribution in [-0.4, -0.2) is 64.4 Å². The number of rotatable bonds is 4. The second-order valence-corrected chi connectivity index (χ2v) is 8.86. The van der Waals surface area contributed by atoms with Crippen molar-refractivity contribution in [3.05, 3.63) is 59.7 Å². The van der Waals surface area contributed by atoms with Gasteiger partial charge in [0.05, 0.1) is 17.4 Å². The van der Waals surface area contributed by atoms with Crippen molar-refractivity contribution in [2.24, 2.45) is 0 Å². The predicted molar refractivity (Wildman–Crippen MR) is 121 cm³/mol. The molecule has 3 aromatic heterocycles. The zero-order chi connectivity index (χ0) is 20.5. The first kappa shape index (κ1) is 19.5. The van der Waals surface area contributed by atoms with Crippen LogP contribution in [0.15, 0.2) is 42.7 Å². The molecule has 158 valence electrons. The summed E-state index contributed by atoms with van der Waals surface area (Å²) in [5.74, 6) is 1.26. The molecule has 6 nitrogen and oxygen atoms in total. The van der Waals surface area contributed by atoms with Crippen LogP contribution in [0.1, 0.15) is 42.3 Å². The second kappa shape index (κ2) is 8.36. The maximum absolute atomic E-state index is 4.96. The number of hydrogen-bond donors (Lipinski definition) is 0. The van der Waals surface area contributed by atoms with E-state index in [4.69, 9.17) is 9.97 Å². The van der Waals surface area contributed by atoms with Gasteiger partial charge in [0, 0.05) is 38.6 Å². The molecule has 2 aliphatic rings. The molecule has 1 unspecified atom stereocenters. The molecule has 1 atom stereocenters. The Kier molecular flexibility index (Phi) is 5.44. The molecular weight excluding hydrogens is 372 g/mol.